The molecule has 0 aliphatic heterocycles. The lowest BCUT2D eigenvalue weighted by molar-refractivity contribution is -0.139. The summed E-state index contributed by atoms with van der Waals surface area (Å²) in [4.78, 5) is 29.0. The van der Waals surface area contributed by atoms with Crippen LogP contribution in [0.5, 0.6) is 5.75 Å². The molecule has 0 aromatic heterocycles. The molecule has 0 heterocycles. The Balaban J connectivity index is 1.86. The van der Waals surface area contributed by atoms with Gasteiger partial charge in [0.25, 0.3) is 0 Å². The number of hydrogen-bond acceptors (Lipinski definition) is 4. The molecular formula is C30H35BrN2O3S. The van der Waals surface area contributed by atoms with Crippen molar-refractivity contribution in [3.8, 4) is 5.75 Å². The number of amides is 2. The Morgan fingerprint density at radius 3 is 2.35 bits per heavy atom. The molecule has 3 rings (SSSR count). The van der Waals surface area contributed by atoms with E-state index in [0.717, 1.165) is 33.3 Å². The van der Waals surface area contributed by atoms with Crippen LogP contribution >= 0.6 is 27.7 Å². The van der Waals surface area contributed by atoms with Gasteiger partial charge in [0.1, 0.15) is 11.8 Å². The van der Waals surface area contributed by atoms with Gasteiger partial charge in [-0.1, -0.05) is 77.5 Å². The minimum atomic E-state index is -0.636. The summed E-state index contributed by atoms with van der Waals surface area (Å²) in [6.45, 7) is 4.34. The van der Waals surface area contributed by atoms with Gasteiger partial charge < -0.3 is 15.0 Å². The van der Waals surface area contributed by atoms with Crippen molar-refractivity contribution < 1.29 is 14.3 Å². The van der Waals surface area contributed by atoms with Gasteiger partial charge in [0.05, 0.1) is 12.9 Å². The Kier molecular flexibility index (Phi) is 11.5. The normalized spacial score (nSPS) is 12.4. The first kappa shape index (κ1) is 28.8. The van der Waals surface area contributed by atoms with Crippen LogP contribution in [0.15, 0.2) is 83.3 Å². The minimum absolute atomic E-state index is 0.0197. The number of carbonyl (C=O) groups is 2. The lowest BCUT2D eigenvalue weighted by Crippen LogP contribution is -2.52. The van der Waals surface area contributed by atoms with Gasteiger partial charge >= 0.3 is 0 Å². The molecule has 0 fully saturated rings. The van der Waals surface area contributed by atoms with Gasteiger partial charge in [0.2, 0.25) is 11.8 Å². The number of benzene rings is 3. The zero-order valence-corrected chi connectivity index (χ0v) is 24.1. The summed E-state index contributed by atoms with van der Waals surface area (Å²) >= 11 is 5.02. The maximum absolute atomic E-state index is 13.7. The number of nitrogens with one attached hydrogen (secondary N) is 1. The molecule has 0 saturated heterocycles. The number of hydrogen-bond donors (Lipinski definition) is 1. The maximum atomic E-state index is 13.7. The Morgan fingerprint density at radius 1 is 0.973 bits per heavy atom. The lowest BCUT2D eigenvalue weighted by atomic mass is 10.0. The molecular weight excluding hydrogens is 548 g/mol. The van der Waals surface area contributed by atoms with Gasteiger partial charge in [-0.3, -0.25) is 9.59 Å². The molecule has 37 heavy (non-hydrogen) atoms. The van der Waals surface area contributed by atoms with Crippen LogP contribution in [-0.4, -0.2) is 41.7 Å². The van der Waals surface area contributed by atoms with Crippen LogP contribution in [0.2, 0.25) is 0 Å². The fraction of sp³-hybridized carbons (Fsp3) is 0.333. The van der Waals surface area contributed by atoms with E-state index in [9.17, 15) is 9.59 Å². The van der Waals surface area contributed by atoms with E-state index in [1.54, 1.807) is 23.8 Å². The van der Waals surface area contributed by atoms with E-state index < -0.39 is 6.04 Å². The van der Waals surface area contributed by atoms with Crippen molar-refractivity contribution in [3.05, 3.63) is 100 Å². The first-order valence-corrected chi connectivity index (χ1v) is 14.4. The summed E-state index contributed by atoms with van der Waals surface area (Å²) in [6, 6.07) is 25.0. The van der Waals surface area contributed by atoms with Crippen LogP contribution in [0.25, 0.3) is 0 Å². The maximum Gasteiger partial charge on any atom is 0.243 e. The molecule has 0 radical (unpaired) electrons. The zero-order chi connectivity index (χ0) is 26.6. The highest BCUT2D eigenvalue weighted by Crippen LogP contribution is 2.21. The van der Waals surface area contributed by atoms with Gasteiger partial charge in [0, 0.05) is 29.2 Å². The predicted octanol–water partition coefficient (Wildman–Crippen LogP) is 6.25. The minimum Gasteiger partial charge on any atom is -0.497 e. The van der Waals surface area contributed by atoms with Crippen LogP contribution in [0.1, 0.15) is 37.0 Å². The molecule has 196 valence electrons. The molecule has 0 unspecified atom stereocenters. The van der Waals surface area contributed by atoms with Gasteiger partial charge in [-0.05, 0) is 54.3 Å². The van der Waals surface area contributed by atoms with E-state index in [4.69, 9.17) is 4.74 Å². The second-order valence-electron chi connectivity index (χ2n) is 9.02. The van der Waals surface area contributed by atoms with Crippen molar-refractivity contribution >= 4 is 39.5 Å². The summed E-state index contributed by atoms with van der Waals surface area (Å²) in [5.41, 5.74) is 3.08. The van der Waals surface area contributed by atoms with E-state index in [1.807, 2.05) is 92.7 Å². The van der Waals surface area contributed by atoms with E-state index in [0.29, 0.717) is 18.7 Å². The SMILES string of the molecule is CC[C@H](C)NC(=O)[C@@H](Cc1ccccc1)N(Cc1cccc(OC)c1)C(=O)CSCc1ccc(Br)cc1. The molecule has 2 atom stereocenters. The summed E-state index contributed by atoms with van der Waals surface area (Å²) in [5.74, 6) is 1.52. The average molecular weight is 584 g/mol. The summed E-state index contributed by atoms with van der Waals surface area (Å²) in [6.07, 6.45) is 1.26. The highest BCUT2D eigenvalue weighted by Gasteiger charge is 2.31. The van der Waals surface area contributed by atoms with Crippen LogP contribution in [0.4, 0.5) is 0 Å². The first-order chi connectivity index (χ1) is 17.9. The standard InChI is InChI=1S/C30H35BrN2O3S/c1-4-22(2)32-30(35)28(18-23-9-6-5-7-10-23)33(19-25-11-8-12-27(17-25)36-3)29(34)21-37-20-24-13-15-26(31)16-14-24/h5-17,22,28H,4,18-21H2,1-3H3,(H,32,35)/t22-,28+/m0/s1. The molecule has 0 spiro atoms. The third-order valence-electron chi connectivity index (χ3n) is 6.17. The van der Waals surface area contributed by atoms with Crippen molar-refractivity contribution in [1.82, 2.24) is 10.2 Å². The second kappa shape index (κ2) is 14.8. The van der Waals surface area contributed by atoms with Gasteiger partial charge in [-0.25, -0.2) is 0 Å². The predicted molar refractivity (Wildman–Crippen MR) is 156 cm³/mol. The molecule has 3 aromatic rings. The van der Waals surface area contributed by atoms with Gasteiger partial charge in [-0.15, -0.1) is 11.8 Å². The Morgan fingerprint density at radius 2 is 1.68 bits per heavy atom. The Bertz CT molecular complexity index is 1140. The topological polar surface area (TPSA) is 58.6 Å². The number of nitrogens with zero attached hydrogens (tertiary/aromatic N) is 1. The molecule has 7 heteroatoms. The third kappa shape index (κ3) is 9.24. The molecule has 0 aliphatic rings. The molecule has 1 N–H and O–H groups in total. The highest BCUT2D eigenvalue weighted by molar-refractivity contribution is 9.10. The summed E-state index contributed by atoms with van der Waals surface area (Å²) in [5, 5.41) is 3.11. The summed E-state index contributed by atoms with van der Waals surface area (Å²) in [7, 11) is 1.62. The van der Waals surface area contributed by atoms with Crippen molar-refractivity contribution in [2.75, 3.05) is 12.9 Å². The fourth-order valence-corrected chi connectivity index (χ4v) is 5.02. The van der Waals surface area contributed by atoms with Gasteiger partial charge in [0.15, 0.2) is 0 Å². The van der Waals surface area contributed by atoms with E-state index in [-0.39, 0.29) is 23.6 Å². The van der Waals surface area contributed by atoms with Crippen molar-refractivity contribution in [2.45, 2.75) is 51.1 Å². The quantitative estimate of drug-likeness (QED) is 0.259. The number of ether oxygens (including phenoxy) is 1. The number of rotatable bonds is 13. The molecule has 3 aromatic carbocycles. The number of thioether (sulfide) groups is 1. The summed E-state index contributed by atoms with van der Waals surface area (Å²) < 4.78 is 6.43. The zero-order valence-electron chi connectivity index (χ0n) is 21.7. The molecule has 0 saturated carbocycles. The molecule has 5 nitrogen and oxygen atoms in total. The Hall–Kier alpha value is -2.77. The average Bonchev–Trinajstić information content (AvgIpc) is 2.92. The van der Waals surface area contributed by atoms with E-state index >= 15 is 0 Å². The first-order valence-electron chi connectivity index (χ1n) is 12.5. The molecule has 2 amide bonds. The van der Waals surface area contributed by atoms with Crippen LogP contribution < -0.4 is 10.1 Å². The van der Waals surface area contributed by atoms with Gasteiger partial charge in [-0.2, -0.15) is 0 Å². The molecule has 0 aliphatic carbocycles. The van der Waals surface area contributed by atoms with Crippen molar-refractivity contribution in [1.29, 1.82) is 0 Å². The second-order valence-corrected chi connectivity index (χ2v) is 10.9. The van der Waals surface area contributed by atoms with E-state index in [2.05, 4.69) is 21.2 Å². The number of carbonyl (C=O) groups excluding carboxylic acids is 2. The lowest BCUT2D eigenvalue weighted by Gasteiger charge is -2.32. The van der Waals surface area contributed by atoms with Crippen LogP contribution in [-0.2, 0) is 28.3 Å². The van der Waals surface area contributed by atoms with E-state index in [1.165, 1.54) is 0 Å². The molecule has 0 bridgehead atoms. The van der Waals surface area contributed by atoms with Crippen molar-refractivity contribution in [3.63, 3.8) is 0 Å². The highest BCUT2D eigenvalue weighted by atomic mass is 79.9. The van der Waals surface area contributed by atoms with Crippen LogP contribution in [0.3, 0.4) is 0 Å². The fourth-order valence-electron chi connectivity index (χ4n) is 3.88. The van der Waals surface area contributed by atoms with Crippen molar-refractivity contribution in [2.24, 2.45) is 0 Å². The Labute approximate surface area is 233 Å². The largest absolute Gasteiger partial charge is 0.497 e. The number of halogens is 1. The third-order valence-corrected chi connectivity index (χ3v) is 7.68. The monoisotopic (exact) mass is 582 g/mol. The van der Waals surface area contributed by atoms with Crippen LogP contribution in [0, 0.1) is 0 Å². The smallest absolute Gasteiger partial charge is 0.243 e. The number of methoxy groups -OCH3 is 1.